The number of amides is 2. The summed E-state index contributed by atoms with van der Waals surface area (Å²) in [6.07, 6.45) is 3.83. The standard InChI is InChI=1S/C19H23FN4O2S/c1-2-3-4-16-22-23-19(27-16)21-18(26)14-11-17(25)24(12-14)10-9-13-5-7-15(20)8-6-13/h5-8,14H,2-4,9-12H2,1H3,(H,21,23,26)/t14-/m0/s1. The number of halogens is 1. The van der Waals surface area contributed by atoms with Gasteiger partial charge in [-0.05, 0) is 30.5 Å². The van der Waals surface area contributed by atoms with Crippen LogP contribution in [-0.4, -0.2) is 40.0 Å². The van der Waals surface area contributed by atoms with Gasteiger partial charge in [0.2, 0.25) is 16.9 Å². The van der Waals surface area contributed by atoms with E-state index < -0.39 is 0 Å². The van der Waals surface area contributed by atoms with Gasteiger partial charge in [0, 0.05) is 25.9 Å². The average molecular weight is 390 g/mol. The van der Waals surface area contributed by atoms with Gasteiger partial charge in [0.15, 0.2) is 0 Å². The van der Waals surface area contributed by atoms with E-state index in [1.54, 1.807) is 17.0 Å². The van der Waals surface area contributed by atoms with Crippen molar-refractivity contribution in [1.82, 2.24) is 15.1 Å². The highest BCUT2D eigenvalue weighted by atomic mass is 32.1. The lowest BCUT2D eigenvalue weighted by atomic mass is 10.1. The number of anilines is 1. The second-order valence-electron chi connectivity index (χ2n) is 6.71. The van der Waals surface area contributed by atoms with Gasteiger partial charge in [-0.2, -0.15) is 0 Å². The number of aryl methyl sites for hydroxylation is 1. The third-order valence-corrected chi connectivity index (χ3v) is 5.51. The van der Waals surface area contributed by atoms with Gasteiger partial charge in [-0.1, -0.05) is 36.8 Å². The summed E-state index contributed by atoms with van der Waals surface area (Å²) in [6, 6.07) is 6.25. The Morgan fingerprint density at radius 1 is 1.30 bits per heavy atom. The molecule has 0 saturated carbocycles. The first-order valence-electron chi connectivity index (χ1n) is 9.20. The summed E-state index contributed by atoms with van der Waals surface area (Å²) in [6.45, 7) is 3.03. The lowest BCUT2D eigenvalue weighted by Crippen LogP contribution is -2.30. The van der Waals surface area contributed by atoms with Crippen LogP contribution >= 0.6 is 11.3 Å². The van der Waals surface area contributed by atoms with Crippen molar-refractivity contribution in [3.8, 4) is 0 Å². The first kappa shape index (κ1) is 19.4. The first-order valence-corrected chi connectivity index (χ1v) is 10.0. The fourth-order valence-electron chi connectivity index (χ4n) is 3.02. The number of likely N-dealkylation sites (tertiary alicyclic amines) is 1. The normalized spacial score (nSPS) is 16.7. The molecule has 0 aliphatic carbocycles. The number of carbonyl (C=O) groups excluding carboxylic acids is 2. The predicted octanol–water partition coefficient (Wildman–Crippen LogP) is 3.05. The summed E-state index contributed by atoms with van der Waals surface area (Å²) < 4.78 is 13.0. The van der Waals surface area contributed by atoms with E-state index in [-0.39, 0.29) is 30.0 Å². The van der Waals surface area contributed by atoms with Crippen LogP contribution < -0.4 is 5.32 Å². The van der Waals surface area contributed by atoms with Gasteiger partial charge in [-0.15, -0.1) is 10.2 Å². The number of aromatic nitrogens is 2. The predicted molar refractivity (Wildman–Crippen MR) is 102 cm³/mol. The Kier molecular flexibility index (Phi) is 6.49. The number of hydrogen-bond acceptors (Lipinski definition) is 5. The number of nitrogens with zero attached hydrogens (tertiary/aromatic N) is 3. The summed E-state index contributed by atoms with van der Waals surface area (Å²) in [5.41, 5.74) is 0.963. The van der Waals surface area contributed by atoms with Crippen molar-refractivity contribution in [2.45, 2.75) is 39.0 Å². The van der Waals surface area contributed by atoms with E-state index >= 15 is 0 Å². The summed E-state index contributed by atoms with van der Waals surface area (Å²) in [7, 11) is 0. The van der Waals surface area contributed by atoms with Crippen molar-refractivity contribution in [2.24, 2.45) is 5.92 Å². The third kappa shape index (κ3) is 5.32. The number of rotatable bonds is 8. The molecule has 0 spiro atoms. The van der Waals surface area contributed by atoms with Gasteiger partial charge in [-0.3, -0.25) is 9.59 Å². The van der Waals surface area contributed by atoms with Crippen LogP contribution in [0.4, 0.5) is 9.52 Å². The van der Waals surface area contributed by atoms with E-state index in [9.17, 15) is 14.0 Å². The Morgan fingerprint density at radius 3 is 2.81 bits per heavy atom. The molecular weight excluding hydrogens is 367 g/mol. The average Bonchev–Trinajstić information content (AvgIpc) is 3.26. The molecule has 1 fully saturated rings. The molecule has 0 bridgehead atoms. The lowest BCUT2D eigenvalue weighted by molar-refractivity contribution is -0.128. The molecular formula is C19H23FN4O2S. The molecule has 1 atom stereocenters. The Morgan fingerprint density at radius 2 is 2.07 bits per heavy atom. The summed E-state index contributed by atoms with van der Waals surface area (Å²) in [5.74, 6) is -0.875. The lowest BCUT2D eigenvalue weighted by Gasteiger charge is -2.16. The molecule has 2 heterocycles. The van der Waals surface area contributed by atoms with Gasteiger partial charge < -0.3 is 10.2 Å². The van der Waals surface area contributed by atoms with Crippen LogP contribution in [0.3, 0.4) is 0 Å². The number of carbonyl (C=O) groups is 2. The smallest absolute Gasteiger partial charge is 0.231 e. The molecule has 1 aliphatic heterocycles. The second kappa shape index (κ2) is 9.03. The monoisotopic (exact) mass is 390 g/mol. The molecule has 1 aromatic heterocycles. The Labute approximate surface area is 161 Å². The van der Waals surface area contributed by atoms with E-state index in [0.29, 0.717) is 24.6 Å². The van der Waals surface area contributed by atoms with E-state index in [2.05, 4.69) is 22.4 Å². The molecule has 1 N–H and O–H groups in total. The molecule has 27 heavy (non-hydrogen) atoms. The van der Waals surface area contributed by atoms with Crippen LogP contribution in [0.5, 0.6) is 0 Å². The zero-order chi connectivity index (χ0) is 19.2. The molecule has 1 saturated heterocycles. The fourth-order valence-corrected chi connectivity index (χ4v) is 3.80. The highest BCUT2D eigenvalue weighted by molar-refractivity contribution is 7.15. The fraction of sp³-hybridized carbons (Fsp3) is 0.474. The Hall–Kier alpha value is -2.35. The molecule has 8 heteroatoms. The zero-order valence-electron chi connectivity index (χ0n) is 15.3. The zero-order valence-corrected chi connectivity index (χ0v) is 16.1. The maximum Gasteiger partial charge on any atom is 0.231 e. The summed E-state index contributed by atoms with van der Waals surface area (Å²) >= 11 is 1.39. The van der Waals surface area contributed by atoms with Crippen molar-refractivity contribution in [2.75, 3.05) is 18.4 Å². The van der Waals surface area contributed by atoms with E-state index in [0.717, 1.165) is 29.8 Å². The minimum atomic E-state index is -0.381. The van der Waals surface area contributed by atoms with Crippen LogP contribution in [0.15, 0.2) is 24.3 Å². The van der Waals surface area contributed by atoms with Crippen molar-refractivity contribution in [3.63, 3.8) is 0 Å². The molecule has 6 nitrogen and oxygen atoms in total. The van der Waals surface area contributed by atoms with Crippen LogP contribution in [-0.2, 0) is 22.4 Å². The molecule has 1 aromatic carbocycles. The van der Waals surface area contributed by atoms with Gasteiger partial charge in [0.25, 0.3) is 0 Å². The SMILES string of the molecule is CCCCc1nnc(NC(=O)[C@H]2CC(=O)N(CCc3ccc(F)cc3)C2)s1. The van der Waals surface area contributed by atoms with Crippen molar-refractivity contribution < 1.29 is 14.0 Å². The van der Waals surface area contributed by atoms with Crippen molar-refractivity contribution in [1.29, 1.82) is 0 Å². The Bertz CT molecular complexity index is 793. The van der Waals surface area contributed by atoms with Crippen LogP contribution in [0.25, 0.3) is 0 Å². The maximum atomic E-state index is 13.0. The summed E-state index contributed by atoms with van der Waals surface area (Å²) in [5, 5.41) is 12.3. The molecule has 3 rings (SSSR count). The van der Waals surface area contributed by atoms with Crippen molar-refractivity contribution in [3.05, 3.63) is 40.7 Å². The van der Waals surface area contributed by atoms with E-state index in [1.165, 1.54) is 23.5 Å². The van der Waals surface area contributed by atoms with E-state index in [1.807, 2.05) is 0 Å². The number of nitrogens with one attached hydrogen (secondary N) is 1. The quantitative estimate of drug-likeness (QED) is 0.752. The maximum absolute atomic E-state index is 13.0. The third-order valence-electron chi connectivity index (χ3n) is 4.61. The minimum Gasteiger partial charge on any atom is -0.342 e. The largest absolute Gasteiger partial charge is 0.342 e. The highest BCUT2D eigenvalue weighted by Crippen LogP contribution is 2.22. The van der Waals surface area contributed by atoms with Gasteiger partial charge >= 0.3 is 0 Å². The van der Waals surface area contributed by atoms with Gasteiger partial charge in [0.1, 0.15) is 10.8 Å². The van der Waals surface area contributed by atoms with Crippen LogP contribution in [0, 0.1) is 11.7 Å². The first-order chi connectivity index (χ1) is 13.0. The number of hydrogen-bond donors (Lipinski definition) is 1. The van der Waals surface area contributed by atoms with Crippen molar-refractivity contribution >= 4 is 28.3 Å². The summed E-state index contributed by atoms with van der Waals surface area (Å²) in [4.78, 5) is 26.3. The Balaban J connectivity index is 1.49. The molecule has 2 amide bonds. The highest BCUT2D eigenvalue weighted by Gasteiger charge is 2.34. The second-order valence-corrected chi connectivity index (χ2v) is 7.77. The van der Waals surface area contributed by atoms with Gasteiger partial charge in [-0.25, -0.2) is 4.39 Å². The molecule has 144 valence electrons. The number of unbranched alkanes of at least 4 members (excludes halogenated alkanes) is 1. The molecule has 0 unspecified atom stereocenters. The van der Waals surface area contributed by atoms with Crippen LogP contribution in [0.1, 0.15) is 36.8 Å². The minimum absolute atomic E-state index is 0.0295. The van der Waals surface area contributed by atoms with Crippen LogP contribution in [0.2, 0.25) is 0 Å². The topological polar surface area (TPSA) is 75.2 Å². The van der Waals surface area contributed by atoms with Gasteiger partial charge in [0.05, 0.1) is 5.92 Å². The van der Waals surface area contributed by atoms with E-state index in [4.69, 9.17) is 0 Å². The molecule has 2 aromatic rings. The molecule has 0 radical (unpaired) electrons. The number of benzene rings is 1. The molecule has 1 aliphatic rings.